The predicted molar refractivity (Wildman–Crippen MR) is 84.1 cm³/mol. The fourth-order valence-electron chi connectivity index (χ4n) is 2.43. The number of carbonyl (C=O) groups is 1. The molecular formula is C15H16N4OS. The molecule has 6 heteroatoms. The maximum atomic E-state index is 12.9. The van der Waals surface area contributed by atoms with Gasteiger partial charge in [0.15, 0.2) is 0 Å². The minimum absolute atomic E-state index is 0.0103. The van der Waals surface area contributed by atoms with Crippen LogP contribution in [0.25, 0.3) is 4.96 Å². The van der Waals surface area contributed by atoms with E-state index in [9.17, 15) is 4.79 Å². The summed E-state index contributed by atoms with van der Waals surface area (Å²) in [6.45, 7) is 6.43. The number of thiazole rings is 1. The molecule has 0 saturated carbocycles. The molecule has 2 heterocycles. The van der Waals surface area contributed by atoms with Crippen molar-refractivity contribution in [3.05, 3.63) is 46.7 Å². The molecule has 0 aliphatic carbocycles. The van der Waals surface area contributed by atoms with E-state index in [1.165, 1.54) is 11.3 Å². The lowest BCUT2D eigenvalue weighted by atomic mass is 10.2. The molecule has 3 rings (SSSR count). The molecule has 0 bridgehead atoms. The molecule has 21 heavy (non-hydrogen) atoms. The highest BCUT2D eigenvalue weighted by molar-refractivity contribution is 7.19. The Balaban J connectivity index is 2.05. The van der Waals surface area contributed by atoms with E-state index in [1.807, 2.05) is 55.5 Å². The van der Waals surface area contributed by atoms with Crippen molar-refractivity contribution < 1.29 is 4.79 Å². The Labute approximate surface area is 126 Å². The smallest absolute Gasteiger partial charge is 0.270 e. The number of aryl methyl sites for hydroxylation is 2. The SMILES string of the molecule is CCN(C(=O)c1sc2nnc(C)n2c1C)c1ccccc1. The van der Waals surface area contributed by atoms with Gasteiger partial charge >= 0.3 is 0 Å². The summed E-state index contributed by atoms with van der Waals surface area (Å²) in [6.07, 6.45) is 0. The maximum Gasteiger partial charge on any atom is 0.270 e. The quantitative estimate of drug-likeness (QED) is 0.747. The highest BCUT2D eigenvalue weighted by Gasteiger charge is 2.23. The highest BCUT2D eigenvalue weighted by Crippen LogP contribution is 2.26. The monoisotopic (exact) mass is 300 g/mol. The first kappa shape index (κ1) is 13.8. The minimum Gasteiger partial charge on any atom is -0.308 e. The second-order valence-corrected chi connectivity index (χ2v) is 5.74. The van der Waals surface area contributed by atoms with Crippen molar-refractivity contribution in [1.82, 2.24) is 14.6 Å². The summed E-state index contributed by atoms with van der Waals surface area (Å²) in [5.74, 6) is 0.816. The first-order chi connectivity index (χ1) is 10.1. The lowest BCUT2D eigenvalue weighted by molar-refractivity contribution is 0.0991. The third kappa shape index (κ3) is 2.21. The molecule has 0 radical (unpaired) electrons. The molecule has 1 aromatic carbocycles. The molecule has 5 nitrogen and oxygen atoms in total. The van der Waals surface area contributed by atoms with Crippen LogP contribution >= 0.6 is 11.3 Å². The van der Waals surface area contributed by atoms with Gasteiger partial charge in [0.2, 0.25) is 4.96 Å². The standard InChI is InChI=1S/C15H16N4OS/c1-4-18(12-8-6-5-7-9-12)14(20)13-10(2)19-11(3)16-17-15(19)21-13/h5-9H,4H2,1-3H3. The number of carbonyl (C=O) groups excluding carboxylic acids is 1. The number of amides is 1. The molecule has 0 unspecified atom stereocenters. The van der Waals surface area contributed by atoms with Gasteiger partial charge in [-0.2, -0.15) is 0 Å². The van der Waals surface area contributed by atoms with Gasteiger partial charge in [0.1, 0.15) is 10.7 Å². The van der Waals surface area contributed by atoms with Crippen molar-refractivity contribution >= 4 is 27.9 Å². The van der Waals surface area contributed by atoms with Crippen LogP contribution in [0.2, 0.25) is 0 Å². The van der Waals surface area contributed by atoms with Crippen molar-refractivity contribution in [2.75, 3.05) is 11.4 Å². The van der Waals surface area contributed by atoms with Crippen LogP contribution in [-0.2, 0) is 0 Å². The average Bonchev–Trinajstić information content (AvgIpc) is 3.02. The molecule has 0 atom stereocenters. The summed E-state index contributed by atoms with van der Waals surface area (Å²) in [5, 5.41) is 8.14. The Morgan fingerprint density at radius 1 is 1.24 bits per heavy atom. The zero-order valence-electron chi connectivity index (χ0n) is 12.2. The molecule has 1 amide bonds. The van der Waals surface area contributed by atoms with Gasteiger partial charge in [-0.1, -0.05) is 29.5 Å². The fraction of sp³-hybridized carbons (Fsp3) is 0.267. The van der Waals surface area contributed by atoms with Gasteiger partial charge in [0.05, 0.1) is 0 Å². The number of rotatable bonds is 3. The van der Waals surface area contributed by atoms with Gasteiger partial charge in [0, 0.05) is 17.9 Å². The largest absolute Gasteiger partial charge is 0.308 e. The van der Waals surface area contributed by atoms with Crippen LogP contribution in [0.15, 0.2) is 30.3 Å². The van der Waals surface area contributed by atoms with Gasteiger partial charge in [0.25, 0.3) is 5.91 Å². The van der Waals surface area contributed by atoms with Crippen LogP contribution in [0.3, 0.4) is 0 Å². The molecule has 0 spiro atoms. The third-order valence-electron chi connectivity index (χ3n) is 3.48. The number of para-hydroxylation sites is 1. The number of anilines is 1. The second kappa shape index (κ2) is 5.29. The molecule has 0 aliphatic heterocycles. The van der Waals surface area contributed by atoms with Crippen molar-refractivity contribution in [2.45, 2.75) is 20.8 Å². The van der Waals surface area contributed by atoms with E-state index in [0.29, 0.717) is 11.4 Å². The van der Waals surface area contributed by atoms with Crippen LogP contribution in [0.5, 0.6) is 0 Å². The fourth-order valence-corrected chi connectivity index (χ4v) is 3.50. The number of fused-ring (bicyclic) bond motifs is 1. The molecule has 0 aliphatic rings. The first-order valence-corrected chi connectivity index (χ1v) is 7.63. The summed E-state index contributed by atoms with van der Waals surface area (Å²) >= 11 is 1.39. The first-order valence-electron chi connectivity index (χ1n) is 6.81. The molecule has 0 saturated heterocycles. The summed E-state index contributed by atoms with van der Waals surface area (Å²) in [6, 6.07) is 9.71. The lowest BCUT2D eigenvalue weighted by Gasteiger charge is -2.20. The molecule has 2 aromatic heterocycles. The van der Waals surface area contributed by atoms with Crippen LogP contribution in [0.4, 0.5) is 5.69 Å². The second-order valence-electron chi connectivity index (χ2n) is 4.77. The third-order valence-corrected chi connectivity index (χ3v) is 4.60. The zero-order valence-corrected chi connectivity index (χ0v) is 13.0. The molecule has 0 N–H and O–H groups in total. The van der Waals surface area contributed by atoms with Gasteiger partial charge in [-0.3, -0.25) is 9.20 Å². The summed E-state index contributed by atoms with van der Waals surface area (Å²) < 4.78 is 1.93. The van der Waals surface area contributed by atoms with E-state index in [2.05, 4.69) is 10.2 Å². The van der Waals surface area contributed by atoms with Crippen molar-refractivity contribution in [2.24, 2.45) is 0 Å². The summed E-state index contributed by atoms with van der Waals surface area (Å²) in [7, 11) is 0. The number of hydrogen-bond acceptors (Lipinski definition) is 4. The van der Waals surface area contributed by atoms with Crippen molar-refractivity contribution in [3.8, 4) is 0 Å². The number of nitrogens with zero attached hydrogens (tertiary/aromatic N) is 4. The van der Waals surface area contributed by atoms with E-state index in [0.717, 1.165) is 22.2 Å². The van der Waals surface area contributed by atoms with Crippen molar-refractivity contribution in [1.29, 1.82) is 0 Å². The Hall–Kier alpha value is -2.21. The van der Waals surface area contributed by atoms with Gasteiger partial charge < -0.3 is 4.90 Å². The van der Waals surface area contributed by atoms with Gasteiger partial charge in [-0.25, -0.2) is 0 Å². The molecular weight excluding hydrogens is 284 g/mol. The molecule has 3 aromatic rings. The summed E-state index contributed by atoms with van der Waals surface area (Å²) in [5.41, 5.74) is 1.81. The molecule has 0 fully saturated rings. The van der Waals surface area contributed by atoms with E-state index in [4.69, 9.17) is 0 Å². The zero-order chi connectivity index (χ0) is 15.0. The Morgan fingerprint density at radius 2 is 1.95 bits per heavy atom. The Kier molecular flexibility index (Phi) is 3.47. The van der Waals surface area contributed by atoms with E-state index in [-0.39, 0.29) is 5.91 Å². The van der Waals surface area contributed by atoms with E-state index in [1.54, 1.807) is 4.90 Å². The van der Waals surface area contributed by atoms with Crippen LogP contribution in [-0.4, -0.2) is 27.0 Å². The topological polar surface area (TPSA) is 50.5 Å². The van der Waals surface area contributed by atoms with Crippen LogP contribution in [0.1, 0.15) is 28.1 Å². The normalized spacial score (nSPS) is 11.0. The minimum atomic E-state index is 0.0103. The Bertz CT molecular complexity index is 791. The molecule has 108 valence electrons. The highest BCUT2D eigenvalue weighted by atomic mass is 32.1. The van der Waals surface area contributed by atoms with Crippen molar-refractivity contribution in [3.63, 3.8) is 0 Å². The van der Waals surface area contributed by atoms with Gasteiger partial charge in [-0.05, 0) is 32.9 Å². The van der Waals surface area contributed by atoms with Crippen LogP contribution in [0, 0.1) is 13.8 Å². The number of benzene rings is 1. The number of aromatic nitrogens is 3. The predicted octanol–water partition coefficient (Wildman–Crippen LogP) is 3.07. The Morgan fingerprint density at radius 3 is 2.57 bits per heavy atom. The maximum absolute atomic E-state index is 12.9. The number of hydrogen-bond donors (Lipinski definition) is 0. The summed E-state index contributed by atoms with van der Waals surface area (Å²) in [4.78, 5) is 16.1. The van der Waals surface area contributed by atoms with E-state index < -0.39 is 0 Å². The average molecular weight is 300 g/mol. The van der Waals surface area contributed by atoms with E-state index >= 15 is 0 Å². The lowest BCUT2D eigenvalue weighted by Crippen LogP contribution is -2.30. The van der Waals surface area contributed by atoms with Crippen LogP contribution < -0.4 is 4.90 Å². The van der Waals surface area contributed by atoms with Gasteiger partial charge in [-0.15, -0.1) is 10.2 Å².